The molecule has 0 spiro atoms. The van der Waals surface area contributed by atoms with Gasteiger partial charge in [-0.1, -0.05) is 23.7 Å². The molecule has 0 radical (unpaired) electrons. The first kappa shape index (κ1) is 22.3. The Kier molecular flexibility index (Phi) is 10.5. The maximum atomic E-state index is 6.13. The van der Waals surface area contributed by atoms with Gasteiger partial charge in [0.2, 0.25) is 0 Å². The van der Waals surface area contributed by atoms with Gasteiger partial charge in [0.15, 0.2) is 5.96 Å². The molecule has 2 unspecified atom stereocenters. The molecule has 1 saturated heterocycles. The van der Waals surface area contributed by atoms with Gasteiger partial charge in [-0.05, 0) is 32.4 Å². The van der Waals surface area contributed by atoms with Crippen molar-refractivity contribution in [1.82, 2.24) is 10.2 Å². The number of hydrogen-bond donors (Lipinski definition) is 1. The summed E-state index contributed by atoms with van der Waals surface area (Å²) >= 11 is 6.13. The molecule has 1 heterocycles. The standard InChI is InChI=1S/C18H28ClN3O2.HI/c1-4-20-18(22(3)12-15-9-10-23-13-15)21-11-14(2)24-17-8-6-5-7-16(17)19;/h5-8,14-15H,4,9-13H2,1-3H3,(H,20,21);1H. The molecule has 0 bridgehead atoms. The van der Waals surface area contributed by atoms with E-state index in [2.05, 4.69) is 24.2 Å². The van der Waals surface area contributed by atoms with Crippen LogP contribution >= 0.6 is 35.6 Å². The van der Waals surface area contributed by atoms with E-state index in [1.165, 1.54) is 0 Å². The number of ether oxygens (including phenoxy) is 2. The average Bonchev–Trinajstić information content (AvgIpc) is 3.06. The second-order valence-corrected chi connectivity index (χ2v) is 6.57. The fourth-order valence-corrected chi connectivity index (χ4v) is 2.86. The van der Waals surface area contributed by atoms with E-state index >= 15 is 0 Å². The maximum absolute atomic E-state index is 6.13. The molecule has 1 N–H and O–H groups in total. The van der Waals surface area contributed by atoms with Gasteiger partial charge in [0.25, 0.3) is 0 Å². The largest absolute Gasteiger partial charge is 0.487 e. The first-order valence-corrected chi connectivity index (χ1v) is 8.96. The first-order chi connectivity index (χ1) is 11.6. The minimum absolute atomic E-state index is 0. The molecule has 1 aliphatic heterocycles. The zero-order chi connectivity index (χ0) is 17.4. The van der Waals surface area contributed by atoms with Gasteiger partial charge in [-0.3, -0.25) is 0 Å². The molecule has 25 heavy (non-hydrogen) atoms. The summed E-state index contributed by atoms with van der Waals surface area (Å²) in [7, 11) is 2.07. The number of nitrogens with zero attached hydrogens (tertiary/aromatic N) is 2. The predicted octanol–water partition coefficient (Wildman–Crippen LogP) is 3.66. The van der Waals surface area contributed by atoms with Crippen molar-refractivity contribution in [3.8, 4) is 5.75 Å². The zero-order valence-corrected chi connectivity index (χ0v) is 18.3. The van der Waals surface area contributed by atoms with E-state index < -0.39 is 0 Å². The van der Waals surface area contributed by atoms with Crippen molar-refractivity contribution in [2.75, 3.05) is 39.9 Å². The van der Waals surface area contributed by atoms with Gasteiger partial charge in [0.05, 0.1) is 18.2 Å². The zero-order valence-electron chi connectivity index (χ0n) is 15.2. The molecule has 1 aliphatic rings. The summed E-state index contributed by atoms with van der Waals surface area (Å²) in [6.45, 7) is 8.15. The summed E-state index contributed by atoms with van der Waals surface area (Å²) in [5, 5.41) is 3.96. The van der Waals surface area contributed by atoms with E-state index in [1.54, 1.807) is 0 Å². The fourth-order valence-electron chi connectivity index (χ4n) is 2.68. The van der Waals surface area contributed by atoms with Gasteiger partial charge in [-0.15, -0.1) is 24.0 Å². The minimum atomic E-state index is -0.0539. The third-order valence-corrected chi connectivity index (χ3v) is 4.23. The Balaban J connectivity index is 0.00000312. The third kappa shape index (κ3) is 7.58. The Morgan fingerprint density at radius 2 is 2.24 bits per heavy atom. The number of aliphatic imine (C=N–C) groups is 1. The molecule has 2 rings (SSSR count). The van der Waals surface area contributed by atoms with Crippen LogP contribution in [0.25, 0.3) is 0 Å². The van der Waals surface area contributed by atoms with Gasteiger partial charge in [0, 0.05) is 32.7 Å². The number of rotatable bonds is 7. The highest BCUT2D eigenvalue weighted by molar-refractivity contribution is 14.0. The summed E-state index contributed by atoms with van der Waals surface area (Å²) in [5.74, 6) is 2.18. The normalized spacial score (nSPS) is 18.4. The van der Waals surface area contributed by atoms with Crippen molar-refractivity contribution in [3.63, 3.8) is 0 Å². The lowest BCUT2D eigenvalue weighted by atomic mass is 10.1. The number of nitrogens with one attached hydrogen (secondary N) is 1. The van der Waals surface area contributed by atoms with Crippen LogP contribution in [-0.2, 0) is 4.74 Å². The lowest BCUT2D eigenvalue weighted by molar-refractivity contribution is 0.181. The molecule has 1 aromatic carbocycles. The van der Waals surface area contributed by atoms with Crippen LogP contribution in [0.1, 0.15) is 20.3 Å². The lowest BCUT2D eigenvalue weighted by Gasteiger charge is -2.25. The molecule has 0 aromatic heterocycles. The molecule has 1 fully saturated rings. The summed E-state index contributed by atoms with van der Waals surface area (Å²) < 4.78 is 11.3. The quantitative estimate of drug-likeness (QED) is 0.367. The van der Waals surface area contributed by atoms with Crippen molar-refractivity contribution in [3.05, 3.63) is 29.3 Å². The van der Waals surface area contributed by atoms with E-state index in [9.17, 15) is 0 Å². The van der Waals surface area contributed by atoms with Crippen molar-refractivity contribution in [1.29, 1.82) is 0 Å². The van der Waals surface area contributed by atoms with E-state index in [0.29, 0.717) is 23.2 Å². The molecule has 1 aromatic rings. The van der Waals surface area contributed by atoms with E-state index in [1.807, 2.05) is 31.2 Å². The number of guanidine groups is 1. The van der Waals surface area contributed by atoms with E-state index in [-0.39, 0.29) is 30.1 Å². The van der Waals surface area contributed by atoms with Crippen LogP contribution in [0.5, 0.6) is 5.75 Å². The summed E-state index contributed by atoms with van der Waals surface area (Å²) in [5.41, 5.74) is 0. The van der Waals surface area contributed by atoms with Crippen LogP contribution < -0.4 is 10.1 Å². The van der Waals surface area contributed by atoms with Crippen molar-refractivity contribution < 1.29 is 9.47 Å². The molecule has 0 aliphatic carbocycles. The molecular weight excluding hydrogens is 453 g/mol. The van der Waals surface area contributed by atoms with Gasteiger partial charge < -0.3 is 19.7 Å². The van der Waals surface area contributed by atoms with Crippen molar-refractivity contribution in [2.24, 2.45) is 10.9 Å². The van der Waals surface area contributed by atoms with E-state index in [4.69, 9.17) is 26.1 Å². The highest BCUT2D eigenvalue weighted by Crippen LogP contribution is 2.24. The molecule has 0 amide bonds. The Bertz CT molecular complexity index is 539. The highest BCUT2D eigenvalue weighted by Gasteiger charge is 2.19. The highest BCUT2D eigenvalue weighted by atomic mass is 127. The fraction of sp³-hybridized carbons (Fsp3) is 0.611. The predicted molar refractivity (Wildman–Crippen MR) is 114 cm³/mol. The van der Waals surface area contributed by atoms with Gasteiger partial charge in [0.1, 0.15) is 11.9 Å². The van der Waals surface area contributed by atoms with Crippen LogP contribution in [0.15, 0.2) is 29.3 Å². The smallest absolute Gasteiger partial charge is 0.193 e. The number of benzene rings is 1. The summed E-state index contributed by atoms with van der Waals surface area (Å²) in [6, 6.07) is 7.51. The van der Waals surface area contributed by atoms with Crippen molar-refractivity contribution >= 4 is 41.5 Å². The number of hydrogen-bond acceptors (Lipinski definition) is 3. The summed E-state index contributed by atoms with van der Waals surface area (Å²) in [6.07, 6.45) is 1.07. The van der Waals surface area contributed by atoms with Gasteiger partial charge >= 0.3 is 0 Å². The molecule has 5 nitrogen and oxygen atoms in total. The van der Waals surface area contributed by atoms with Crippen LogP contribution in [0.4, 0.5) is 0 Å². The molecule has 142 valence electrons. The Labute approximate surface area is 173 Å². The molecule has 2 atom stereocenters. The van der Waals surface area contributed by atoms with Crippen LogP contribution in [0.3, 0.4) is 0 Å². The average molecular weight is 482 g/mol. The molecule has 0 saturated carbocycles. The van der Waals surface area contributed by atoms with E-state index in [0.717, 1.165) is 38.7 Å². The van der Waals surface area contributed by atoms with Crippen LogP contribution in [0, 0.1) is 5.92 Å². The Hall–Kier alpha value is -0.730. The SMILES string of the molecule is CCNC(=NCC(C)Oc1ccccc1Cl)N(C)CC1CCOC1.I. The number of para-hydroxylation sites is 1. The molecular formula is C18H29ClIN3O2. The van der Waals surface area contributed by atoms with Crippen LogP contribution in [0.2, 0.25) is 5.02 Å². The van der Waals surface area contributed by atoms with Crippen LogP contribution in [-0.4, -0.2) is 56.9 Å². The second-order valence-electron chi connectivity index (χ2n) is 6.16. The van der Waals surface area contributed by atoms with Crippen molar-refractivity contribution in [2.45, 2.75) is 26.4 Å². The monoisotopic (exact) mass is 481 g/mol. The second kappa shape index (κ2) is 11.8. The lowest BCUT2D eigenvalue weighted by Crippen LogP contribution is -2.42. The number of halogens is 2. The Morgan fingerprint density at radius 3 is 2.88 bits per heavy atom. The summed E-state index contributed by atoms with van der Waals surface area (Å²) in [4.78, 5) is 6.88. The maximum Gasteiger partial charge on any atom is 0.193 e. The molecule has 7 heteroatoms. The van der Waals surface area contributed by atoms with Gasteiger partial charge in [-0.2, -0.15) is 0 Å². The third-order valence-electron chi connectivity index (χ3n) is 3.92. The minimum Gasteiger partial charge on any atom is -0.487 e. The Morgan fingerprint density at radius 1 is 1.48 bits per heavy atom. The first-order valence-electron chi connectivity index (χ1n) is 8.58. The van der Waals surface area contributed by atoms with Gasteiger partial charge in [-0.25, -0.2) is 4.99 Å². The topological polar surface area (TPSA) is 46.1 Å².